The van der Waals surface area contributed by atoms with Gasteiger partial charge in [-0.1, -0.05) is 30.5 Å². The van der Waals surface area contributed by atoms with E-state index in [1.165, 1.54) is 12.8 Å². The molecule has 3 rings (SSSR count). The van der Waals surface area contributed by atoms with Gasteiger partial charge < -0.3 is 5.32 Å². The first-order valence-electron chi connectivity index (χ1n) is 7.60. The molecule has 1 unspecified atom stereocenters. The van der Waals surface area contributed by atoms with E-state index < -0.39 is 5.54 Å². The molecule has 1 aromatic heterocycles. The molecule has 2 aromatic rings. The molecule has 1 aliphatic carbocycles. The van der Waals surface area contributed by atoms with E-state index in [1.807, 2.05) is 36.4 Å². The van der Waals surface area contributed by atoms with Crippen molar-refractivity contribution in [3.05, 3.63) is 59.4 Å². The number of aromatic nitrogens is 1. The molecule has 1 saturated carbocycles. The van der Waals surface area contributed by atoms with Crippen molar-refractivity contribution in [2.24, 2.45) is 5.92 Å². The molecule has 1 heterocycles. The van der Waals surface area contributed by atoms with E-state index in [2.05, 4.69) is 16.4 Å². The third kappa shape index (κ3) is 2.80. The van der Waals surface area contributed by atoms with Gasteiger partial charge in [0.25, 0.3) is 0 Å². The molecule has 0 aliphatic heterocycles. The minimum atomic E-state index is -0.738. The lowest BCUT2D eigenvalue weighted by molar-refractivity contribution is 0.385. The predicted molar refractivity (Wildman–Crippen MR) is 88.6 cm³/mol. The summed E-state index contributed by atoms with van der Waals surface area (Å²) < 4.78 is 0. The average molecular weight is 312 g/mol. The number of halogens is 1. The number of rotatable bonds is 4. The zero-order valence-corrected chi connectivity index (χ0v) is 13.1. The number of benzene rings is 1. The fourth-order valence-corrected chi connectivity index (χ4v) is 3.44. The maximum absolute atomic E-state index is 10.0. The van der Waals surface area contributed by atoms with Gasteiger partial charge in [0.15, 0.2) is 5.54 Å². The molecule has 0 saturated heterocycles. The second kappa shape index (κ2) is 6.37. The monoisotopic (exact) mass is 311 g/mol. The largest absolute Gasteiger partial charge is 0.363 e. The van der Waals surface area contributed by atoms with E-state index in [0.29, 0.717) is 5.02 Å². The van der Waals surface area contributed by atoms with Gasteiger partial charge in [-0.15, -0.1) is 0 Å². The van der Waals surface area contributed by atoms with Gasteiger partial charge in [-0.25, -0.2) is 0 Å². The van der Waals surface area contributed by atoms with Crippen LogP contribution in [0, 0.1) is 17.2 Å². The van der Waals surface area contributed by atoms with Crippen molar-refractivity contribution >= 4 is 17.3 Å². The van der Waals surface area contributed by atoms with E-state index in [9.17, 15) is 5.26 Å². The normalized spacial score (nSPS) is 17.6. The minimum Gasteiger partial charge on any atom is -0.363 e. The van der Waals surface area contributed by atoms with Gasteiger partial charge in [0.05, 0.1) is 6.07 Å². The summed E-state index contributed by atoms with van der Waals surface area (Å²) in [4.78, 5) is 4.21. The lowest BCUT2D eigenvalue weighted by Crippen LogP contribution is -2.40. The van der Waals surface area contributed by atoms with Crippen LogP contribution in [0.1, 0.15) is 31.2 Å². The Morgan fingerprint density at radius 1 is 1.18 bits per heavy atom. The van der Waals surface area contributed by atoms with E-state index in [0.717, 1.165) is 24.1 Å². The average Bonchev–Trinajstić information content (AvgIpc) is 3.10. The van der Waals surface area contributed by atoms with Crippen LogP contribution in [0.2, 0.25) is 5.02 Å². The van der Waals surface area contributed by atoms with Crippen LogP contribution in [0.3, 0.4) is 0 Å². The zero-order chi connectivity index (χ0) is 15.4. The second-order valence-corrected chi connectivity index (χ2v) is 6.21. The summed E-state index contributed by atoms with van der Waals surface area (Å²) in [6, 6.07) is 13.9. The molecule has 0 radical (unpaired) electrons. The van der Waals surface area contributed by atoms with E-state index in [4.69, 9.17) is 11.6 Å². The Kier molecular flexibility index (Phi) is 4.31. The van der Waals surface area contributed by atoms with Crippen molar-refractivity contribution < 1.29 is 0 Å². The molecule has 0 spiro atoms. The Labute approximate surface area is 136 Å². The molecule has 1 N–H and O–H groups in total. The highest BCUT2D eigenvalue weighted by Gasteiger charge is 2.42. The predicted octanol–water partition coefficient (Wildman–Crippen LogP) is 4.76. The van der Waals surface area contributed by atoms with Crippen molar-refractivity contribution in [1.82, 2.24) is 4.98 Å². The fourth-order valence-electron chi connectivity index (χ4n) is 3.31. The molecular weight excluding hydrogens is 294 g/mol. The summed E-state index contributed by atoms with van der Waals surface area (Å²) in [5.41, 5.74) is 1.10. The van der Waals surface area contributed by atoms with Gasteiger partial charge in [0.1, 0.15) is 0 Å². The van der Waals surface area contributed by atoms with Gasteiger partial charge in [-0.05, 0) is 49.1 Å². The van der Waals surface area contributed by atoms with Crippen LogP contribution in [-0.4, -0.2) is 4.98 Å². The first-order valence-corrected chi connectivity index (χ1v) is 7.98. The smallest absolute Gasteiger partial charge is 0.155 e. The number of nitrogens with one attached hydrogen (secondary N) is 1. The van der Waals surface area contributed by atoms with Gasteiger partial charge in [0, 0.05) is 28.7 Å². The quantitative estimate of drug-likeness (QED) is 0.886. The van der Waals surface area contributed by atoms with Gasteiger partial charge in [-0.3, -0.25) is 4.98 Å². The summed E-state index contributed by atoms with van der Waals surface area (Å²) in [6.07, 6.45) is 8.01. The van der Waals surface area contributed by atoms with E-state index in [-0.39, 0.29) is 5.92 Å². The van der Waals surface area contributed by atoms with Crippen LogP contribution in [0.25, 0.3) is 0 Å². The van der Waals surface area contributed by atoms with Crippen LogP contribution in [0.5, 0.6) is 0 Å². The Morgan fingerprint density at radius 3 is 2.50 bits per heavy atom. The summed E-state index contributed by atoms with van der Waals surface area (Å²) in [6.45, 7) is 0. The lowest BCUT2D eigenvalue weighted by Gasteiger charge is -2.35. The van der Waals surface area contributed by atoms with Crippen LogP contribution in [0.15, 0.2) is 48.8 Å². The number of pyridine rings is 1. The molecule has 0 amide bonds. The van der Waals surface area contributed by atoms with Crippen LogP contribution in [0.4, 0.5) is 5.69 Å². The molecular formula is C18H18ClN3. The van der Waals surface area contributed by atoms with E-state index >= 15 is 0 Å². The Bertz CT molecular complexity index is 657. The molecule has 4 heteroatoms. The summed E-state index contributed by atoms with van der Waals surface area (Å²) in [7, 11) is 0. The maximum Gasteiger partial charge on any atom is 0.155 e. The highest BCUT2D eigenvalue weighted by atomic mass is 35.5. The topological polar surface area (TPSA) is 48.7 Å². The molecule has 1 fully saturated rings. The molecule has 112 valence electrons. The summed E-state index contributed by atoms with van der Waals surface area (Å²) in [5, 5.41) is 14.2. The molecule has 0 bridgehead atoms. The SMILES string of the molecule is N#CC(Nc1ccc(Cl)cc1)(c1cccnc1)C1CCCC1. The van der Waals surface area contributed by atoms with Crippen molar-refractivity contribution in [2.45, 2.75) is 31.2 Å². The number of anilines is 1. The third-order valence-electron chi connectivity index (χ3n) is 4.45. The summed E-state index contributed by atoms with van der Waals surface area (Å²) in [5.74, 6) is 0.289. The highest BCUT2D eigenvalue weighted by molar-refractivity contribution is 6.30. The molecule has 1 aliphatic rings. The van der Waals surface area contributed by atoms with E-state index in [1.54, 1.807) is 12.4 Å². The van der Waals surface area contributed by atoms with Gasteiger partial charge in [0.2, 0.25) is 0 Å². The number of hydrogen-bond acceptors (Lipinski definition) is 3. The van der Waals surface area contributed by atoms with Crippen molar-refractivity contribution in [2.75, 3.05) is 5.32 Å². The van der Waals surface area contributed by atoms with Gasteiger partial charge >= 0.3 is 0 Å². The molecule has 1 atom stereocenters. The highest BCUT2D eigenvalue weighted by Crippen LogP contribution is 2.42. The van der Waals surface area contributed by atoms with Crippen LogP contribution < -0.4 is 5.32 Å². The first kappa shape index (κ1) is 14.9. The lowest BCUT2D eigenvalue weighted by atomic mass is 9.78. The first-order chi connectivity index (χ1) is 10.7. The third-order valence-corrected chi connectivity index (χ3v) is 4.70. The number of nitrogens with zero attached hydrogens (tertiary/aromatic N) is 2. The standard InChI is InChI=1S/C18H18ClN3/c19-16-7-9-17(10-8-16)22-18(13-20,14-4-1-2-5-14)15-6-3-11-21-12-15/h3,6-12,14,22H,1-2,4-5H2. The Balaban J connectivity index is 2.02. The number of nitriles is 1. The summed E-state index contributed by atoms with van der Waals surface area (Å²) >= 11 is 5.96. The minimum absolute atomic E-state index is 0.289. The number of hydrogen-bond donors (Lipinski definition) is 1. The van der Waals surface area contributed by atoms with Crippen molar-refractivity contribution in [1.29, 1.82) is 5.26 Å². The van der Waals surface area contributed by atoms with Crippen molar-refractivity contribution in [3.8, 4) is 6.07 Å². The fraction of sp³-hybridized carbons (Fsp3) is 0.333. The van der Waals surface area contributed by atoms with Crippen LogP contribution >= 0.6 is 11.6 Å². The Morgan fingerprint density at radius 2 is 1.91 bits per heavy atom. The molecule has 3 nitrogen and oxygen atoms in total. The second-order valence-electron chi connectivity index (χ2n) is 5.77. The van der Waals surface area contributed by atoms with Crippen molar-refractivity contribution in [3.63, 3.8) is 0 Å². The van der Waals surface area contributed by atoms with Gasteiger partial charge in [-0.2, -0.15) is 5.26 Å². The Hall–Kier alpha value is -2.05. The maximum atomic E-state index is 10.0. The zero-order valence-electron chi connectivity index (χ0n) is 12.3. The van der Waals surface area contributed by atoms with Crippen LogP contribution in [-0.2, 0) is 5.54 Å². The molecule has 22 heavy (non-hydrogen) atoms. The molecule has 1 aromatic carbocycles.